The summed E-state index contributed by atoms with van der Waals surface area (Å²) in [5.41, 5.74) is 3.74. The molecule has 1 N–H and O–H groups in total. The molecule has 0 bridgehead atoms. The Morgan fingerprint density at radius 3 is 2.63 bits per heavy atom. The third kappa shape index (κ3) is 3.65. The number of halogens is 1. The predicted molar refractivity (Wildman–Crippen MR) is 78.6 cm³/mol. The van der Waals surface area contributed by atoms with Gasteiger partial charge in [0, 0.05) is 12.1 Å². The maximum absolute atomic E-state index is 14.1. The lowest BCUT2D eigenvalue weighted by Crippen LogP contribution is -2.13. The average molecular weight is 257 g/mol. The van der Waals surface area contributed by atoms with Crippen LogP contribution in [0, 0.1) is 12.7 Å². The molecule has 0 saturated heterocycles. The second-order valence-electron chi connectivity index (χ2n) is 4.86. The van der Waals surface area contributed by atoms with Crippen molar-refractivity contribution in [1.82, 2.24) is 5.32 Å². The zero-order chi connectivity index (χ0) is 13.7. The van der Waals surface area contributed by atoms with Crippen molar-refractivity contribution < 1.29 is 4.39 Å². The Labute approximate surface area is 114 Å². The Morgan fingerprint density at radius 1 is 1.11 bits per heavy atom. The first-order valence-corrected chi connectivity index (χ1v) is 6.77. The lowest BCUT2D eigenvalue weighted by Gasteiger charge is -2.08. The molecule has 0 radical (unpaired) electrons. The molecule has 0 amide bonds. The number of benzene rings is 2. The van der Waals surface area contributed by atoms with Crippen molar-refractivity contribution in [3.05, 3.63) is 59.4 Å². The maximum Gasteiger partial charge on any atom is 0.131 e. The van der Waals surface area contributed by atoms with Crippen LogP contribution in [0.25, 0.3) is 11.1 Å². The molecule has 2 heteroatoms. The first-order valence-electron chi connectivity index (χ1n) is 6.77. The second kappa shape index (κ2) is 6.48. The van der Waals surface area contributed by atoms with Gasteiger partial charge in [-0.1, -0.05) is 48.9 Å². The van der Waals surface area contributed by atoms with Crippen molar-refractivity contribution in [2.24, 2.45) is 0 Å². The number of hydrogen-bond acceptors (Lipinski definition) is 1. The fourth-order valence-corrected chi connectivity index (χ4v) is 2.12. The van der Waals surface area contributed by atoms with Gasteiger partial charge >= 0.3 is 0 Å². The standard InChI is InChI=1S/C17H20FN/c1-3-9-19-12-14-7-8-16(17(18)11-14)15-6-4-5-13(2)10-15/h4-8,10-11,19H,3,9,12H2,1-2H3. The van der Waals surface area contributed by atoms with E-state index in [-0.39, 0.29) is 5.82 Å². The Bertz CT molecular complexity index is 549. The van der Waals surface area contributed by atoms with Gasteiger partial charge in [0.1, 0.15) is 5.82 Å². The molecule has 19 heavy (non-hydrogen) atoms. The van der Waals surface area contributed by atoms with Gasteiger partial charge in [-0.25, -0.2) is 4.39 Å². The van der Waals surface area contributed by atoms with E-state index in [2.05, 4.69) is 12.2 Å². The molecule has 0 aliphatic heterocycles. The van der Waals surface area contributed by atoms with Gasteiger partial charge in [-0.15, -0.1) is 0 Å². The van der Waals surface area contributed by atoms with E-state index in [9.17, 15) is 4.39 Å². The van der Waals surface area contributed by atoms with E-state index in [1.165, 1.54) is 0 Å². The van der Waals surface area contributed by atoms with Gasteiger partial charge in [-0.3, -0.25) is 0 Å². The van der Waals surface area contributed by atoms with E-state index in [0.29, 0.717) is 5.56 Å². The van der Waals surface area contributed by atoms with E-state index >= 15 is 0 Å². The zero-order valence-corrected chi connectivity index (χ0v) is 11.5. The predicted octanol–water partition coefficient (Wildman–Crippen LogP) is 4.30. The van der Waals surface area contributed by atoms with Gasteiger partial charge < -0.3 is 5.32 Å². The van der Waals surface area contributed by atoms with Crippen LogP contribution in [0.5, 0.6) is 0 Å². The molecule has 0 saturated carbocycles. The van der Waals surface area contributed by atoms with Crippen LogP contribution in [0.15, 0.2) is 42.5 Å². The number of rotatable bonds is 5. The van der Waals surface area contributed by atoms with Crippen molar-refractivity contribution in [2.45, 2.75) is 26.8 Å². The molecule has 0 spiro atoms. The fourth-order valence-electron chi connectivity index (χ4n) is 2.12. The smallest absolute Gasteiger partial charge is 0.131 e. The summed E-state index contributed by atoms with van der Waals surface area (Å²) in [6.07, 6.45) is 1.09. The molecule has 2 rings (SSSR count). The average Bonchev–Trinajstić information content (AvgIpc) is 2.39. The van der Waals surface area contributed by atoms with Crippen LogP contribution in [0.3, 0.4) is 0 Å². The van der Waals surface area contributed by atoms with Gasteiger partial charge in [-0.05, 0) is 37.1 Å². The summed E-state index contributed by atoms with van der Waals surface area (Å²) in [5.74, 6) is -0.151. The van der Waals surface area contributed by atoms with E-state index in [4.69, 9.17) is 0 Å². The maximum atomic E-state index is 14.1. The minimum absolute atomic E-state index is 0.151. The van der Waals surface area contributed by atoms with Gasteiger partial charge in [-0.2, -0.15) is 0 Å². The fraction of sp³-hybridized carbons (Fsp3) is 0.294. The van der Waals surface area contributed by atoms with Crippen molar-refractivity contribution in [3.63, 3.8) is 0 Å². The van der Waals surface area contributed by atoms with Crippen LogP contribution in [0.1, 0.15) is 24.5 Å². The molecule has 0 unspecified atom stereocenters. The molecule has 100 valence electrons. The highest BCUT2D eigenvalue weighted by Gasteiger charge is 2.06. The van der Waals surface area contributed by atoms with E-state index < -0.39 is 0 Å². The SMILES string of the molecule is CCCNCc1ccc(-c2cccc(C)c2)c(F)c1. The first-order chi connectivity index (χ1) is 9.20. The number of nitrogens with one attached hydrogen (secondary N) is 1. The van der Waals surface area contributed by atoms with Gasteiger partial charge in [0.25, 0.3) is 0 Å². The summed E-state index contributed by atoms with van der Waals surface area (Å²) >= 11 is 0. The largest absolute Gasteiger partial charge is 0.313 e. The third-order valence-electron chi connectivity index (χ3n) is 3.12. The van der Waals surface area contributed by atoms with Crippen LogP contribution in [-0.2, 0) is 6.54 Å². The Morgan fingerprint density at radius 2 is 1.95 bits per heavy atom. The van der Waals surface area contributed by atoms with Crippen molar-refractivity contribution >= 4 is 0 Å². The number of hydrogen-bond donors (Lipinski definition) is 1. The van der Waals surface area contributed by atoms with Crippen LogP contribution in [0.2, 0.25) is 0 Å². The highest BCUT2D eigenvalue weighted by molar-refractivity contribution is 5.65. The summed E-state index contributed by atoms with van der Waals surface area (Å²) in [6.45, 7) is 5.82. The molecular weight excluding hydrogens is 237 g/mol. The van der Waals surface area contributed by atoms with Crippen LogP contribution < -0.4 is 5.32 Å². The number of aryl methyl sites for hydroxylation is 1. The van der Waals surface area contributed by atoms with Crippen LogP contribution >= 0.6 is 0 Å². The van der Waals surface area contributed by atoms with Gasteiger partial charge in [0.05, 0.1) is 0 Å². The second-order valence-corrected chi connectivity index (χ2v) is 4.86. The van der Waals surface area contributed by atoms with E-state index in [1.807, 2.05) is 43.3 Å². The summed E-state index contributed by atoms with van der Waals surface area (Å²) in [6, 6.07) is 13.4. The normalized spacial score (nSPS) is 10.7. The van der Waals surface area contributed by atoms with Crippen molar-refractivity contribution in [3.8, 4) is 11.1 Å². The van der Waals surface area contributed by atoms with Crippen LogP contribution in [-0.4, -0.2) is 6.54 Å². The molecule has 1 nitrogen and oxygen atoms in total. The lowest BCUT2D eigenvalue weighted by molar-refractivity contribution is 0.622. The summed E-state index contributed by atoms with van der Waals surface area (Å²) < 4.78 is 14.1. The quantitative estimate of drug-likeness (QED) is 0.787. The molecule has 0 aromatic heterocycles. The van der Waals surface area contributed by atoms with Crippen molar-refractivity contribution in [1.29, 1.82) is 0 Å². The molecule has 2 aromatic rings. The summed E-state index contributed by atoms with van der Waals surface area (Å²) in [7, 11) is 0. The van der Waals surface area contributed by atoms with Crippen LogP contribution in [0.4, 0.5) is 4.39 Å². The summed E-state index contributed by atoms with van der Waals surface area (Å²) in [5, 5.41) is 3.28. The Balaban J connectivity index is 2.19. The first kappa shape index (κ1) is 13.8. The molecule has 0 atom stereocenters. The van der Waals surface area contributed by atoms with Gasteiger partial charge in [0.15, 0.2) is 0 Å². The highest BCUT2D eigenvalue weighted by atomic mass is 19.1. The van der Waals surface area contributed by atoms with Crippen molar-refractivity contribution in [2.75, 3.05) is 6.54 Å². The topological polar surface area (TPSA) is 12.0 Å². The van der Waals surface area contributed by atoms with E-state index in [1.54, 1.807) is 6.07 Å². The molecule has 0 aliphatic carbocycles. The Hall–Kier alpha value is -1.67. The Kier molecular flexibility index (Phi) is 4.69. The third-order valence-corrected chi connectivity index (χ3v) is 3.12. The lowest BCUT2D eigenvalue weighted by atomic mass is 10.0. The van der Waals surface area contributed by atoms with E-state index in [0.717, 1.165) is 36.2 Å². The molecule has 2 aromatic carbocycles. The molecule has 0 fully saturated rings. The molecule has 0 heterocycles. The molecular formula is C17H20FN. The van der Waals surface area contributed by atoms with Gasteiger partial charge in [0.2, 0.25) is 0 Å². The minimum atomic E-state index is -0.151. The zero-order valence-electron chi connectivity index (χ0n) is 11.5. The molecule has 0 aliphatic rings. The monoisotopic (exact) mass is 257 g/mol. The summed E-state index contributed by atoms with van der Waals surface area (Å²) in [4.78, 5) is 0. The highest BCUT2D eigenvalue weighted by Crippen LogP contribution is 2.24. The minimum Gasteiger partial charge on any atom is -0.313 e.